The zero-order chi connectivity index (χ0) is 20.2. The van der Waals surface area contributed by atoms with Gasteiger partial charge in [-0.15, -0.1) is 0 Å². The molecule has 1 N–H and O–H groups in total. The van der Waals surface area contributed by atoms with Gasteiger partial charge >= 0.3 is 6.03 Å². The average Bonchev–Trinajstić information content (AvgIpc) is 3.13. The summed E-state index contributed by atoms with van der Waals surface area (Å²) in [4.78, 5) is 21.0. The maximum absolute atomic E-state index is 14.0. The van der Waals surface area contributed by atoms with Crippen LogP contribution in [0.1, 0.15) is 11.1 Å². The van der Waals surface area contributed by atoms with Crippen molar-refractivity contribution in [3.63, 3.8) is 0 Å². The van der Waals surface area contributed by atoms with Gasteiger partial charge in [0.2, 0.25) is 0 Å². The Balaban J connectivity index is 1.39. The van der Waals surface area contributed by atoms with E-state index in [1.165, 1.54) is 17.0 Å². The van der Waals surface area contributed by atoms with Crippen molar-refractivity contribution in [1.82, 2.24) is 15.3 Å². The van der Waals surface area contributed by atoms with Gasteiger partial charge < -0.3 is 4.90 Å². The minimum absolute atomic E-state index is 0.252. The van der Waals surface area contributed by atoms with Gasteiger partial charge in [0, 0.05) is 37.1 Å². The fourth-order valence-electron chi connectivity index (χ4n) is 3.18. The molecule has 29 heavy (non-hydrogen) atoms. The number of rotatable bonds is 5. The normalized spacial score (nSPS) is 15.1. The van der Waals surface area contributed by atoms with Crippen molar-refractivity contribution in [2.24, 2.45) is 0 Å². The fraction of sp³-hybridized carbons (Fsp3) is 0.136. The number of hydroxylamine groups is 1. The number of urea groups is 1. The summed E-state index contributed by atoms with van der Waals surface area (Å²) in [5.41, 5.74) is 5.47. The van der Waals surface area contributed by atoms with Gasteiger partial charge in [-0.3, -0.25) is 9.74 Å². The number of nitrogens with one attached hydrogen (secondary N) is 1. The molecular weight excluding hydrogens is 376 g/mol. The molecule has 2 aliphatic rings. The molecule has 0 saturated carbocycles. The van der Waals surface area contributed by atoms with E-state index >= 15 is 0 Å². The number of benzene rings is 2. The molecular formula is C22H19F2N3O2. The third kappa shape index (κ3) is 4.35. The lowest BCUT2D eigenvalue weighted by molar-refractivity contribution is 0.0434. The molecule has 0 radical (unpaired) electrons. The van der Waals surface area contributed by atoms with E-state index in [-0.39, 0.29) is 13.2 Å². The molecule has 0 aliphatic carbocycles. The molecule has 0 spiro atoms. The van der Waals surface area contributed by atoms with Crippen molar-refractivity contribution in [2.45, 2.75) is 13.2 Å². The van der Waals surface area contributed by atoms with E-state index in [0.29, 0.717) is 12.1 Å². The summed E-state index contributed by atoms with van der Waals surface area (Å²) in [5.74, 6) is -1.20. The first-order valence-electron chi connectivity index (χ1n) is 9.13. The van der Waals surface area contributed by atoms with E-state index in [4.69, 9.17) is 4.84 Å². The van der Waals surface area contributed by atoms with Crippen LogP contribution in [0.4, 0.5) is 13.6 Å². The highest BCUT2D eigenvalue weighted by molar-refractivity contribution is 5.76. The Morgan fingerprint density at radius 3 is 2.76 bits per heavy atom. The van der Waals surface area contributed by atoms with E-state index in [1.807, 2.05) is 47.4 Å². The van der Waals surface area contributed by atoms with Crippen LogP contribution in [0.5, 0.6) is 0 Å². The van der Waals surface area contributed by atoms with Gasteiger partial charge in [0.25, 0.3) is 0 Å². The van der Waals surface area contributed by atoms with Crippen LogP contribution in [0.2, 0.25) is 0 Å². The van der Waals surface area contributed by atoms with Crippen LogP contribution >= 0.6 is 0 Å². The lowest BCUT2D eigenvalue weighted by atomic mass is 10.1. The Hall–Kier alpha value is -3.45. The SMILES string of the molecule is O=C(NOCc1ccccc1)N1C=CC2=CCN(Cc3ccc(F)cc3F)C2=C1. The van der Waals surface area contributed by atoms with Gasteiger partial charge in [-0.05, 0) is 23.3 Å². The number of allylic oxidation sites excluding steroid dienone is 1. The van der Waals surface area contributed by atoms with E-state index in [2.05, 4.69) is 5.48 Å². The molecule has 148 valence electrons. The number of carbonyl (C=O) groups excluding carboxylic acids is 1. The van der Waals surface area contributed by atoms with E-state index in [0.717, 1.165) is 22.9 Å². The molecule has 2 amide bonds. The summed E-state index contributed by atoms with van der Waals surface area (Å²) in [5, 5.41) is 0. The minimum atomic E-state index is -0.607. The molecule has 4 rings (SSSR count). The number of nitrogens with zero attached hydrogens (tertiary/aromatic N) is 2. The second-order valence-corrected chi connectivity index (χ2v) is 6.69. The molecule has 2 aromatic carbocycles. The van der Waals surface area contributed by atoms with E-state index in [1.54, 1.807) is 12.4 Å². The van der Waals surface area contributed by atoms with Crippen molar-refractivity contribution in [1.29, 1.82) is 0 Å². The van der Waals surface area contributed by atoms with Crippen LogP contribution in [0, 0.1) is 11.6 Å². The molecule has 5 nitrogen and oxygen atoms in total. The quantitative estimate of drug-likeness (QED) is 0.771. The van der Waals surface area contributed by atoms with E-state index < -0.39 is 17.7 Å². The molecule has 2 aliphatic heterocycles. The summed E-state index contributed by atoms with van der Waals surface area (Å²) >= 11 is 0. The number of halogens is 2. The molecule has 0 unspecified atom stereocenters. The van der Waals surface area contributed by atoms with Gasteiger partial charge in [0.1, 0.15) is 11.6 Å². The maximum atomic E-state index is 14.0. The Labute approximate surface area is 167 Å². The van der Waals surface area contributed by atoms with E-state index in [9.17, 15) is 13.6 Å². The molecule has 0 bridgehead atoms. The topological polar surface area (TPSA) is 44.8 Å². The second-order valence-electron chi connectivity index (χ2n) is 6.69. The van der Waals surface area contributed by atoms with Crippen LogP contribution < -0.4 is 5.48 Å². The molecule has 0 fully saturated rings. The van der Waals surface area contributed by atoms with Crippen LogP contribution in [-0.4, -0.2) is 22.4 Å². The second kappa shape index (κ2) is 8.28. The third-order valence-corrected chi connectivity index (χ3v) is 4.70. The highest BCUT2D eigenvalue weighted by Crippen LogP contribution is 2.29. The lowest BCUT2D eigenvalue weighted by Crippen LogP contribution is -2.35. The van der Waals surface area contributed by atoms with Crippen molar-refractivity contribution >= 4 is 6.03 Å². The van der Waals surface area contributed by atoms with Gasteiger partial charge in [-0.2, -0.15) is 0 Å². The molecule has 2 aromatic rings. The van der Waals surface area contributed by atoms with Gasteiger partial charge in [0.05, 0.1) is 12.3 Å². The van der Waals surface area contributed by atoms with Gasteiger partial charge in [0.15, 0.2) is 0 Å². The predicted molar refractivity (Wildman–Crippen MR) is 104 cm³/mol. The first kappa shape index (κ1) is 18.9. The highest BCUT2D eigenvalue weighted by Gasteiger charge is 2.24. The molecule has 7 heteroatoms. The minimum Gasteiger partial charge on any atom is -0.362 e. The number of carbonyl (C=O) groups is 1. The van der Waals surface area contributed by atoms with Crippen molar-refractivity contribution in [2.75, 3.05) is 6.54 Å². The monoisotopic (exact) mass is 395 g/mol. The summed E-state index contributed by atoms with van der Waals surface area (Å²) in [6, 6.07) is 12.6. The Morgan fingerprint density at radius 2 is 1.97 bits per heavy atom. The maximum Gasteiger partial charge on any atom is 0.349 e. The third-order valence-electron chi connectivity index (χ3n) is 4.70. The lowest BCUT2D eigenvalue weighted by Gasteiger charge is -2.26. The molecule has 0 aromatic heterocycles. The van der Waals surface area contributed by atoms with Crippen molar-refractivity contribution in [3.05, 3.63) is 107 Å². The standard InChI is InChI=1S/C22H19F2N3O2/c23-19-7-6-18(20(24)12-19)13-26-10-8-17-9-11-27(14-21(17)26)22(28)25-29-15-16-4-2-1-3-5-16/h1-9,11-12,14H,10,13,15H2,(H,25,28). The van der Waals surface area contributed by atoms with Gasteiger partial charge in [-0.25, -0.2) is 19.1 Å². The zero-order valence-corrected chi connectivity index (χ0v) is 15.5. The number of amides is 2. The molecule has 0 atom stereocenters. The predicted octanol–water partition coefficient (Wildman–Crippen LogP) is 4.22. The Morgan fingerprint density at radius 1 is 1.14 bits per heavy atom. The molecule has 2 heterocycles. The van der Waals surface area contributed by atoms with Crippen LogP contribution in [0.25, 0.3) is 0 Å². The largest absolute Gasteiger partial charge is 0.362 e. The van der Waals surface area contributed by atoms with Crippen LogP contribution in [0.3, 0.4) is 0 Å². The average molecular weight is 395 g/mol. The summed E-state index contributed by atoms with van der Waals surface area (Å²) < 4.78 is 27.1. The van der Waals surface area contributed by atoms with Gasteiger partial charge in [-0.1, -0.05) is 42.5 Å². The number of hydrogen-bond acceptors (Lipinski definition) is 3. The summed E-state index contributed by atoms with van der Waals surface area (Å²) in [6.07, 6.45) is 7.11. The molecule has 0 saturated heterocycles. The Kier molecular flexibility index (Phi) is 5.39. The first-order valence-corrected chi connectivity index (χ1v) is 9.13. The summed E-state index contributed by atoms with van der Waals surface area (Å²) in [7, 11) is 0. The van der Waals surface area contributed by atoms with Crippen LogP contribution in [0.15, 0.2) is 84.4 Å². The smallest absolute Gasteiger partial charge is 0.349 e. The van der Waals surface area contributed by atoms with Crippen molar-refractivity contribution < 1.29 is 18.4 Å². The Bertz CT molecular complexity index is 1000. The van der Waals surface area contributed by atoms with Crippen molar-refractivity contribution in [3.8, 4) is 0 Å². The fourth-order valence-corrected chi connectivity index (χ4v) is 3.18. The highest BCUT2D eigenvalue weighted by atomic mass is 19.1. The zero-order valence-electron chi connectivity index (χ0n) is 15.5. The number of fused-ring (bicyclic) bond motifs is 1. The van der Waals surface area contributed by atoms with Crippen LogP contribution in [-0.2, 0) is 18.0 Å². The number of hydrogen-bond donors (Lipinski definition) is 1. The summed E-state index contributed by atoms with van der Waals surface area (Å²) in [6.45, 7) is 1.09. The first-order chi connectivity index (χ1) is 14.1.